The molecule has 0 aliphatic heterocycles. The van der Waals surface area contributed by atoms with Gasteiger partial charge in [-0.2, -0.15) is 0 Å². The van der Waals surface area contributed by atoms with Crippen LogP contribution in [0.2, 0.25) is 0 Å². The monoisotopic (exact) mass is 998 g/mol. The number of nitrogens with zero attached hydrogens (tertiary/aromatic N) is 5. The number of benzene rings is 7. The second kappa shape index (κ2) is 13.6. The summed E-state index contributed by atoms with van der Waals surface area (Å²) >= 11 is 2.50. The molecule has 0 bridgehead atoms. The fourth-order valence-corrected chi connectivity index (χ4v) is 10.9. The normalized spacial score (nSPS) is 12.7. The Labute approximate surface area is 376 Å². The van der Waals surface area contributed by atoms with E-state index in [1.807, 2.05) is 18.3 Å². The van der Waals surface area contributed by atoms with Crippen LogP contribution in [0, 0.1) is 3.80 Å². The molecule has 63 heavy (non-hydrogen) atoms. The Bertz CT molecular complexity index is 3840. The van der Waals surface area contributed by atoms with E-state index in [1.165, 1.54) is 60.3 Å². The number of hydrogen-bond donors (Lipinski definition) is 0. The average molecular weight is 999 g/mol. The summed E-state index contributed by atoms with van der Waals surface area (Å²) < 4.78 is 17.4. The molecule has 0 amide bonds. The number of fused-ring (bicyclic) bond motifs is 10. The molecule has 7 aromatic carbocycles. The Kier molecular flexibility index (Phi) is 8.21. The molecule has 0 unspecified atom stereocenters. The first-order valence-electron chi connectivity index (χ1n) is 21.6. The van der Waals surface area contributed by atoms with Crippen LogP contribution < -0.4 is 4.74 Å². The second-order valence-electron chi connectivity index (χ2n) is 18.9. The fraction of sp³-hybridized carbons (Fsp3) is 0.143. The summed E-state index contributed by atoms with van der Waals surface area (Å²) in [5.41, 5.74) is 12.9. The topological polar surface area (TPSA) is 41.3 Å². The van der Waals surface area contributed by atoms with Gasteiger partial charge in [0.1, 0.15) is 0 Å². The summed E-state index contributed by atoms with van der Waals surface area (Å²) in [5.74, 6) is 2.38. The SMILES string of the molecule is CC(C)(C)c1cc(-n2[c](=[Pt])n(-c3cccc(Oc4ccc5c6cc7c8cccc9c%10ccccc%10n(c7cc6n(-c6ccccn6)c5c4)c98)c3)c3ccccc32)cc(C(C)(C)C)c1. The number of pyridine rings is 1. The zero-order valence-corrected chi connectivity index (χ0v) is 38.3. The molecular weight excluding hydrogens is 954 g/mol. The van der Waals surface area contributed by atoms with Gasteiger partial charge in [0.15, 0.2) is 0 Å². The molecule has 0 saturated heterocycles. The molecule has 6 nitrogen and oxygen atoms in total. The first-order chi connectivity index (χ1) is 30.4. The minimum atomic E-state index is -0.00140. The number of rotatable bonds is 5. The molecule has 0 aliphatic rings. The van der Waals surface area contributed by atoms with E-state index in [-0.39, 0.29) is 10.8 Å². The van der Waals surface area contributed by atoms with Gasteiger partial charge in [0.25, 0.3) is 0 Å². The number of para-hydroxylation sites is 4. The van der Waals surface area contributed by atoms with E-state index in [0.29, 0.717) is 0 Å². The van der Waals surface area contributed by atoms with Crippen molar-refractivity contribution < 1.29 is 24.1 Å². The van der Waals surface area contributed by atoms with Crippen molar-refractivity contribution in [2.45, 2.75) is 52.4 Å². The van der Waals surface area contributed by atoms with E-state index in [1.54, 1.807) is 0 Å². The third kappa shape index (κ3) is 5.81. The average Bonchev–Trinajstić information content (AvgIpc) is 3.98. The molecule has 0 fully saturated rings. The van der Waals surface area contributed by atoms with Gasteiger partial charge in [0.2, 0.25) is 0 Å². The predicted molar refractivity (Wildman–Crippen MR) is 257 cm³/mol. The summed E-state index contributed by atoms with van der Waals surface area (Å²) in [5, 5.41) is 7.40. The molecule has 0 spiro atoms. The van der Waals surface area contributed by atoms with E-state index in [4.69, 9.17) is 9.72 Å². The Morgan fingerprint density at radius 2 is 1.02 bits per heavy atom. The molecule has 7 heteroatoms. The predicted octanol–water partition coefficient (Wildman–Crippen LogP) is 14.5. The van der Waals surface area contributed by atoms with Crippen molar-refractivity contribution in [3.63, 3.8) is 0 Å². The maximum atomic E-state index is 6.83. The molecule has 0 radical (unpaired) electrons. The van der Waals surface area contributed by atoms with Crippen LogP contribution in [-0.4, -0.2) is 23.1 Å². The second-order valence-corrected chi connectivity index (χ2v) is 19.9. The molecular formula is C56H45N5OPt. The first-order valence-corrected chi connectivity index (χ1v) is 22.8. The number of aromatic nitrogens is 5. The van der Waals surface area contributed by atoms with E-state index in [0.717, 1.165) is 54.3 Å². The molecule has 0 N–H and O–H groups in total. The summed E-state index contributed by atoms with van der Waals surface area (Å²) in [6.45, 7) is 13.8. The van der Waals surface area contributed by atoms with Crippen LogP contribution in [0.3, 0.4) is 0 Å². The van der Waals surface area contributed by atoms with Crippen LogP contribution in [0.1, 0.15) is 52.7 Å². The quantitative estimate of drug-likeness (QED) is 0.172. The van der Waals surface area contributed by atoms with E-state index < -0.39 is 0 Å². The molecule has 310 valence electrons. The van der Waals surface area contributed by atoms with Crippen molar-refractivity contribution in [1.82, 2.24) is 23.1 Å². The van der Waals surface area contributed by atoms with Crippen LogP contribution in [0.15, 0.2) is 164 Å². The van der Waals surface area contributed by atoms with Gasteiger partial charge in [-0.05, 0) is 12.1 Å². The van der Waals surface area contributed by atoms with E-state index in [9.17, 15) is 0 Å². The summed E-state index contributed by atoms with van der Waals surface area (Å²) in [6, 6.07) is 57.0. The van der Waals surface area contributed by atoms with E-state index >= 15 is 0 Å². The van der Waals surface area contributed by atoms with Gasteiger partial charge in [-0.25, -0.2) is 0 Å². The van der Waals surface area contributed by atoms with Crippen molar-refractivity contribution in [2.24, 2.45) is 0 Å². The number of ether oxygens (including phenoxy) is 1. The molecule has 12 aromatic rings. The van der Waals surface area contributed by atoms with Crippen LogP contribution in [0.25, 0.3) is 88.1 Å². The van der Waals surface area contributed by atoms with Gasteiger partial charge in [-0.1, -0.05) is 42.5 Å². The first kappa shape index (κ1) is 38.0. The zero-order chi connectivity index (χ0) is 42.9. The molecule has 0 aliphatic carbocycles. The molecule has 12 rings (SSSR count). The van der Waals surface area contributed by atoms with Gasteiger partial charge in [0, 0.05) is 27.7 Å². The van der Waals surface area contributed by atoms with Crippen molar-refractivity contribution in [3.8, 4) is 28.7 Å². The standard InChI is InChI=1S/C56H45N5O.Pt/c1-55(2,3)35-27-36(56(4,5)6)29-38(28-35)59-34-58(48-21-9-10-22-49(48)59)37-15-13-16-39(30-37)62-40-24-25-42-45-32-46-44-19-14-18-43-41-17-7-8-20-47(41)61(54(43)44)52(46)33-51(45)60(50(42)31-40)53-23-11-12-26-57-53;/h7-33H,1-6H3;. The zero-order valence-electron chi connectivity index (χ0n) is 36.0. The van der Waals surface area contributed by atoms with Gasteiger partial charge >= 0.3 is 275 Å². The van der Waals surface area contributed by atoms with Crippen LogP contribution >= 0.6 is 0 Å². The van der Waals surface area contributed by atoms with Crippen molar-refractivity contribution in [3.05, 3.63) is 179 Å². The third-order valence-electron chi connectivity index (χ3n) is 12.9. The maximum absolute atomic E-state index is 6.83. The summed E-state index contributed by atoms with van der Waals surface area (Å²) in [7, 11) is 0. The molecule has 5 heterocycles. The molecule has 0 saturated carbocycles. The Balaban J connectivity index is 1.00. The van der Waals surface area contributed by atoms with Crippen molar-refractivity contribution in [1.29, 1.82) is 0 Å². The number of hydrogen-bond acceptors (Lipinski definition) is 2. The minimum absolute atomic E-state index is 0.00140. The van der Waals surface area contributed by atoms with Gasteiger partial charge in [-0.15, -0.1) is 0 Å². The third-order valence-corrected chi connectivity index (χ3v) is 13.9. The van der Waals surface area contributed by atoms with Crippen LogP contribution in [-0.2, 0) is 30.2 Å². The molecule has 5 aromatic heterocycles. The Morgan fingerprint density at radius 1 is 0.429 bits per heavy atom. The van der Waals surface area contributed by atoms with Gasteiger partial charge in [0.05, 0.1) is 16.6 Å². The van der Waals surface area contributed by atoms with Crippen LogP contribution in [0.4, 0.5) is 0 Å². The van der Waals surface area contributed by atoms with Gasteiger partial charge < -0.3 is 4.40 Å². The summed E-state index contributed by atoms with van der Waals surface area (Å²) in [6.07, 6.45) is 1.87. The van der Waals surface area contributed by atoms with Crippen molar-refractivity contribution in [2.75, 3.05) is 0 Å². The number of imidazole rings is 1. The summed E-state index contributed by atoms with van der Waals surface area (Å²) in [4.78, 5) is 4.89. The fourth-order valence-electron chi connectivity index (χ4n) is 9.75. The Hall–Kier alpha value is -6.75. The van der Waals surface area contributed by atoms with E-state index in [2.05, 4.69) is 225 Å². The van der Waals surface area contributed by atoms with Gasteiger partial charge in [-0.3, -0.25) is 0 Å². The van der Waals surface area contributed by atoms with Crippen LogP contribution in [0.5, 0.6) is 11.5 Å². The molecule has 0 atom stereocenters. The van der Waals surface area contributed by atoms with Crippen molar-refractivity contribution >= 4 is 70.9 Å². The Morgan fingerprint density at radius 3 is 1.73 bits per heavy atom.